The van der Waals surface area contributed by atoms with Gasteiger partial charge in [0.1, 0.15) is 17.5 Å². The molecule has 2 aliphatic heterocycles. The Morgan fingerprint density at radius 2 is 1.55 bits per heavy atom. The van der Waals surface area contributed by atoms with Gasteiger partial charge in [-0.25, -0.2) is 22.7 Å². The molecule has 0 aliphatic carbocycles. The Morgan fingerprint density at radius 1 is 0.950 bits per heavy atom. The van der Waals surface area contributed by atoms with Crippen molar-refractivity contribution in [3.63, 3.8) is 0 Å². The number of alkyl halides is 6. The van der Waals surface area contributed by atoms with Crippen molar-refractivity contribution < 1.29 is 49.0 Å². The first-order chi connectivity index (χ1) is 18.7. The van der Waals surface area contributed by atoms with Crippen LogP contribution in [0.2, 0.25) is 0 Å². The van der Waals surface area contributed by atoms with Gasteiger partial charge in [0.15, 0.2) is 4.75 Å². The molecule has 2 aliphatic rings. The van der Waals surface area contributed by atoms with E-state index < -0.39 is 50.5 Å². The lowest BCUT2D eigenvalue weighted by Gasteiger charge is -2.42. The first-order valence-corrected chi connectivity index (χ1v) is 13.7. The van der Waals surface area contributed by atoms with E-state index in [1.165, 1.54) is 17.0 Å². The fraction of sp³-hybridized carbons (Fsp3) is 0.542. The van der Waals surface area contributed by atoms with Gasteiger partial charge in [0.05, 0.1) is 12.7 Å². The molecule has 220 valence electrons. The van der Waals surface area contributed by atoms with E-state index in [1.807, 2.05) is 0 Å². The second-order valence-corrected chi connectivity index (χ2v) is 11.7. The summed E-state index contributed by atoms with van der Waals surface area (Å²) in [5.74, 6) is -0.989. The smallest absolute Gasteiger partial charge is 0.433 e. The van der Waals surface area contributed by atoms with Crippen molar-refractivity contribution in [3.05, 3.63) is 47.8 Å². The number of aromatic nitrogens is 2. The molecule has 0 saturated carbocycles. The number of piperidine rings is 2. The molecular formula is C24H26F6N4O5S. The van der Waals surface area contributed by atoms with Gasteiger partial charge in [-0.2, -0.15) is 26.3 Å². The number of carbonyl (C=O) groups is 1. The van der Waals surface area contributed by atoms with Gasteiger partial charge in [0, 0.05) is 32.4 Å². The SMILES string of the molecule is COC(=O)C1(S(=O)(=O)N2CCC(Oc3ccc(C(F)(F)F)cc3)CC2)CCN(c2nccc(C(F)(F)F)n2)CC1. The predicted octanol–water partition coefficient (Wildman–Crippen LogP) is 3.90. The Bertz CT molecular complexity index is 1300. The van der Waals surface area contributed by atoms with E-state index in [0.717, 1.165) is 35.8 Å². The third kappa shape index (κ3) is 5.96. The van der Waals surface area contributed by atoms with E-state index in [4.69, 9.17) is 9.47 Å². The van der Waals surface area contributed by atoms with E-state index in [1.54, 1.807) is 0 Å². The Morgan fingerprint density at radius 3 is 2.08 bits per heavy atom. The molecule has 0 radical (unpaired) electrons. The summed E-state index contributed by atoms with van der Waals surface area (Å²) in [5.41, 5.74) is -1.96. The monoisotopic (exact) mass is 596 g/mol. The summed E-state index contributed by atoms with van der Waals surface area (Å²) >= 11 is 0. The number of carbonyl (C=O) groups excluding carboxylic acids is 1. The molecule has 4 rings (SSSR count). The van der Waals surface area contributed by atoms with Crippen LogP contribution >= 0.6 is 0 Å². The average molecular weight is 597 g/mol. The number of nitrogens with zero attached hydrogens (tertiary/aromatic N) is 4. The third-order valence-corrected chi connectivity index (χ3v) is 9.67. The lowest BCUT2D eigenvalue weighted by Crippen LogP contribution is -2.60. The second-order valence-electron chi connectivity index (χ2n) is 9.46. The van der Waals surface area contributed by atoms with Crippen molar-refractivity contribution >= 4 is 21.9 Å². The minimum atomic E-state index is -4.69. The molecule has 0 atom stereocenters. The zero-order chi connectivity index (χ0) is 29.3. The molecule has 0 N–H and O–H groups in total. The van der Waals surface area contributed by atoms with Crippen molar-refractivity contribution in [2.75, 3.05) is 38.2 Å². The lowest BCUT2D eigenvalue weighted by atomic mass is 9.96. The number of anilines is 1. The average Bonchev–Trinajstić information content (AvgIpc) is 2.92. The summed E-state index contributed by atoms with van der Waals surface area (Å²) in [4.78, 5) is 21.7. The minimum Gasteiger partial charge on any atom is -0.490 e. The Labute approximate surface area is 226 Å². The largest absolute Gasteiger partial charge is 0.490 e. The van der Waals surface area contributed by atoms with Crippen LogP contribution in [0.4, 0.5) is 32.3 Å². The van der Waals surface area contributed by atoms with E-state index in [2.05, 4.69) is 9.97 Å². The lowest BCUT2D eigenvalue weighted by molar-refractivity contribution is -0.144. The van der Waals surface area contributed by atoms with Crippen molar-refractivity contribution in [1.29, 1.82) is 0 Å². The molecule has 2 fully saturated rings. The first kappa shape index (κ1) is 29.8. The molecule has 9 nitrogen and oxygen atoms in total. The Hall–Kier alpha value is -3.14. The topological polar surface area (TPSA) is 102 Å². The highest BCUT2D eigenvalue weighted by atomic mass is 32.2. The van der Waals surface area contributed by atoms with Gasteiger partial charge >= 0.3 is 18.3 Å². The number of sulfonamides is 1. The molecule has 0 spiro atoms. The zero-order valence-corrected chi connectivity index (χ0v) is 22.0. The van der Waals surface area contributed by atoms with Gasteiger partial charge in [0.25, 0.3) is 0 Å². The fourth-order valence-electron chi connectivity index (χ4n) is 4.83. The fourth-order valence-corrected chi connectivity index (χ4v) is 7.01. The van der Waals surface area contributed by atoms with Crippen LogP contribution in [0.25, 0.3) is 0 Å². The van der Waals surface area contributed by atoms with Crippen LogP contribution in [0.1, 0.15) is 36.9 Å². The normalized spacial score (nSPS) is 19.3. The van der Waals surface area contributed by atoms with Crippen LogP contribution in [0.3, 0.4) is 0 Å². The number of methoxy groups -OCH3 is 1. The van der Waals surface area contributed by atoms with E-state index in [9.17, 15) is 39.6 Å². The van der Waals surface area contributed by atoms with Crippen LogP contribution in [-0.2, 0) is 31.9 Å². The van der Waals surface area contributed by atoms with Gasteiger partial charge < -0.3 is 14.4 Å². The third-order valence-electron chi connectivity index (χ3n) is 7.06. The van der Waals surface area contributed by atoms with E-state index in [0.29, 0.717) is 0 Å². The predicted molar refractivity (Wildman–Crippen MR) is 129 cm³/mol. The van der Waals surface area contributed by atoms with Crippen LogP contribution in [-0.4, -0.2) is 72.8 Å². The van der Waals surface area contributed by atoms with Crippen LogP contribution < -0.4 is 9.64 Å². The molecule has 16 heteroatoms. The molecule has 2 saturated heterocycles. The number of esters is 1. The molecule has 0 amide bonds. The number of ether oxygens (including phenoxy) is 2. The standard InChI is InChI=1S/C24H26F6N4O5S/c1-38-20(35)22(9-14-33(15-10-22)21-31-11-6-19(32-21)24(28,29)30)40(36,37)34-12-7-18(8-13-34)39-17-4-2-16(3-5-17)23(25,26)27/h2-6,11,18H,7-10,12-15H2,1H3. The molecular weight excluding hydrogens is 570 g/mol. The van der Waals surface area contributed by atoms with E-state index in [-0.39, 0.29) is 63.6 Å². The maximum Gasteiger partial charge on any atom is 0.433 e. The Kier molecular flexibility index (Phi) is 8.23. The van der Waals surface area contributed by atoms with Gasteiger partial charge in [-0.3, -0.25) is 4.79 Å². The van der Waals surface area contributed by atoms with Gasteiger partial charge in [0.2, 0.25) is 16.0 Å². The van der Waals surface area contributed by atoms with Crippen LogP contribution in [0.15, 0.2) is 36.5 Å². The highest BCUT2D eigenvalue weighted by Crippen LogP contribution is 2.38. The quantitative estimate of drug-likeness (QED) is 0.366. The first-order valence-electron chi connectivity index (χ1n) is 12.2. The minimum absolute atomic E-state index is 0.00711. The molecule has 3 heterocycles. The molecule has 0 unspecified atom stereocenters. The summed E-state index contributed by atoms with van der Waals surface area (Å²) in [6, 6.07) is 4.90. The molecule has 1 aromatic carbocycles. The number of hydrogen-bond donors (Lipinski definition) is 0. The molecule has 1 aromatic heterocycles. The maximum atomic E-state index is 13.8. The zero-order valence-electron chi connectivity index (χ0n) is 21.2. The summed E-state index contributed by atoms with van der Waals surface area (Å²) in [6.45, 7) is -0.230. The second kappa shape index (κ2) is 11.0. The van der Waals surface area contributed by atoms with Gasteiger partial charge in [-0.1, -0.05) is 0 Å². The Balaban J connectivity index is 1.43. The molecule has 0 bridgehead atoms. The number of halogens is 6. The van der Waals surface area contributed by atoms with E-state index >= 15 is 0 Å². The highest BCUT2D eigenvalue weighted by Gasteiger charge is 2.56. The highest BCUT2D eigenvalue weighted by molar-refractivity contribution is 7.91. The van der Waals surface area contributed by atoms with Crippen molar-refractivity contribution in [1.82, 2.24) is 14.3 Å². The van der Waals surface area contributed by atoms with Crippen molar-refractivity contribution in [3.8, 4) is 5.75 Å². The van der Waals surface area contributed by atoms with Crippen molar-refractivity contribution in [2.24, 2.45) is 0 Å². The van der Waals surface area contributed by atoms with Gasteiger partial charge in [-0.15, -0.1) is 0 Å². The molecule has 40 heavy (non-hydrogen) atoms. The van der Waals surface area contributed by atoms with Crippen LogP contribution in [0.5, 0.6) is 5.75 Å². The summed E-state index contributed by atoms with van der Waals surface area (Å²) in [7, 11) is -3.22. The summed E-state index contributed by atoms with van der Waals surface area (Å²) in [5, 5.41) is 0. The van der Waals surface area contributed by atoms with Gasteiger partial charge in [-0.05, 0) is 56.0 Å². The number of benzene rings is 1. The summed E-state index contributed by atoms with van der Waals surface area (Å²) < 4.78 is 115. The summed E-state index contributed by atoms with van der Waals surface area (Å²) in [6.07, 6.45) is -8.74. The maximum absolute atomic E-state index is 13.8. The molecule has 2 aromatic rings. The van der Waals surface area contributed by atoms with Crippen LogP contribution in [0, 0.1) is 0 Å². The number of rotatable bonds is 6. The van der Waals surface area contributed by atoms with Crippen molar-refractivity contribution in [2.45, 2.75) is 48.9 Å². The number of hydrogen-bond acceptors (Lipinski definition) is 8.